The van der Waals surface area contributed by atoms with Crippen LogP contribution in [0.1, 0.15) is 16.8 Å². The third-order valence-electron chi connectivity index (χ3n) is 5.02. The van der Waals surface area contributed by atoms with Crippen molar-refractivity contribution >= 4 is 23.3 Å². The fraction of sp³-hybridized carbons (Fsp3) is 0.0800. The molecule has 0 aliphatic heterocycles. The van der Waals surface area contributed by atoms with E-state index in [2.05, 4.69) is 5.32 Å². The molecule has 1 amide bonds. The topological polar surface area (TPSA) is 70.2 Å². The minimum Gasteiger partial charge on any atom is -0.321 e. The Bertz CT molecular complexity index is 1410. The van der Waals surface area contributed by atoms with Crippen LogP contribution in [0.15, 0.2) is 78.5 Å². The summed E-state index contributed by atoms with van der Waals surface area (Å²) >= 11 is 0. The fourth-order valence-corrected chi connectivity index (χ4v) is 3.43. The highest BCUT2D eigenvalue weighted by atomic mass is 19.4. The Morgan fingerprint density at radius 3 is 2.55 bits per heavy atom. The summed E-state index contributed by atoms with van der Waals surface area (Å²) in [7, 11) is 0. The van der Waals surface area contributed by atoms with Crippen molar-refractivity contribution in [1.82, 2.24) is 9.38 Å². The number of nitrogens with one attached hydrogen (secondary N) is 1. The number of amides is 1. The number of alkyl halides is 3. The number of anilines is 1. The molecule has 0 unspecified atom stereocenters. The first-order valence-corrected chi connectivity index (χ1v) is 9.91. The van der Waals surface area contributed by atoms with E-state index in [0.717, 1.165) is 23.3 Å². The zero-order valence-corrected chi connectivity index (χ0v) is 17.4. The summed E-state index contributed by atoms with van der Waals surface area (Å²) in [5.74, 6) is -0.821. The molecule has 8 heteroatoms. The Hall–Kier alpha value is -4.38. The summed E-state index contributed by atoms with van der Waals surface area (Å²) in [6.07, 6.45) is -1.38. The molecule has 2 aromatic heterocycles. The lowest BCUT2D eigenvalue weighted by atomic mass is 10.1. The van der Waals surface area contributed by atoms with Crippen LogP contribution in [0.2, 0.25) is 0 Å². The van der Waals surface area contributed by atoms with E-state index in [1.54, 1.807) is 10.6 Å². The van der Waals surface area contributed by atoms with Gasteiger partial charge in [0.25, 0.3) is 5.91 Å². The van der Waals surface area contributed by atoms with Gasteiger partial charge in [-0.2, -0.15) is 18.4 Å². The highest BCUT2D eigenvalue weighted by Gasteiger charge is 2.30. The summed E-state index contributed by atoms with van der Waals surface area (Å²) in [4.78, 5) is 17.5. The number of fused-ring (bicyclic) bond motifs is 1. The summed E-state index contributed by atoms with van der Waals surface area (Å²) < 4.78 is 40.7. The molecule has 33 heavy (non-hydrogen) atoms. The first-order chi connectivity index (χ1) is 15.8. The van der Waals surface area contributed by atoms with Crippen LogP contribution in [0, 0.1) is 18.3 Å². The molecule has 0 aliphatic carbocycles. The van der Waals surface area contributed by atoms with E-state index in [0.29, 0.717) is 17.0 Å². The Balaban J connectivity index is 1.77. The number of carbonyl (C=O) groups excluding carboxylic acids is 1. The molecule has 0 aliphatic rings. The van der Waals surface area contributed by atoms with E-state index in [1.165, 1.54) is 18.2 Å². The van der Waals surface area contributed by atoms with Crippen LogP contribution in [0.5, 0.6) is 0 Å². The van der Waals surface area contributed by atoms with Gasteiger partial charge in [0.2, 0.25) is 0 Å². The van der Waals surface area contributed by atoms with Crippen LogP contribution in [-0.2, 0) is 11.0 Å². The normalized spacial score (nSPS) is 11.9. The van der Waals surface area contributed by atoms with Crippen LogP contribution in [0.25, 0.3) is 23.0 Å². The number of aryl methyl sites for hydroxylation is 1. The van der Waals surface area contributed by atoms with Crippen molar-refractivity contribution in [3.8, 4) is 17.3 Å². The number of halogens is 3. The molecule has 4 rings (SSSR count). The zero-order valence-electron chi connectivity index (χ0n) is 17.4. The molecule has 2 aromatic carbocycles. The van der Waals surface area contributed by atoms with E-state index in [4.69, 9.17) is 4.98 Å². The second-order valence-corrected chi connectivity index (χ2v) is 7.30. The van der Waals surface area contributed by atoms with Gasteiger partial charge in [-0.05, 0) is 42.8 Å². The molecule has 0 radical (unpaired) electrons. The third-order valence-corrected chi connectivity index (χ3v) is 5.02. The van der Waals surface area contributed by atoms with Crippen molar-refractivity contribution in [3.63, 3.8) is 0 Å². The number of carbonyl (C=O) groups is 1. The zero-order chi connectivity index (χ0) is 23.6. The first-order valence-electron chi connectivity index (χ1n) is 9.91. The van der Waals surface area contributed by atoms with Crippen LogP contribution >= 0.6 is 0 Å². The maximum atomic E-state index is 13.0. The Labute approximate surface area is 187 Å². The molecule has 0 spiro atoms. The van der Waals surface area contributed by atoms with Gasteiger partial charge in [0.15, 0.2) is 0 Å². The third kappa shape index (κ3) is 4.48. The monoisotopic (exact) mass is 446 g/mol. The van der Waals surface area contributed by atoms with Gasteiger partial charge in [-0.15, -0.1) is 0 Å². The van der Waals surface area contributed by atoms with Gasteiger partial charge in [0, 0.05) is 17.4 Å². The predicted molar refractivity (Wildman–Crippen MR) is 119 cm³/mol. The Morgan fingerprint density at radius 2 is 1.85 bits per heavy atom. The van der Waals surface area contributed by atoms with Crippen LogP contribution < -0.4 is 5.32 Å². The molecule has 0 fully saturated rings. The number of rotatable bonds is 4. The molecule has 0 atom stereocenters. The van der Waals surface area contributed by atoms with Crippen molar-refractivity contribution in [2.24, 2.45) is 0 Å². The lowest BCUT2D eigenvalue weighted by molar-refractivity contribution is -0.137. The van der Waals surface area contributed by atoms with E-state index >= 15 is 0 Å². The van der Waals surface area contributed by atoms with Gasteiger partial charge in [0.1, 0.15) is 17.3 Å². The number of hydrogen-bond acceptors (Lipinski definition) is 3. The number of aromatic nitrogens is 2. The molecule has 5 nitrogen and oxygen atoms in total. The van der Waals surface area contributed by atoms with E-state index < -0.39 is 17.6 Å². The van der Waals surface area contributed by atoms with Crippen LogP contribution in [0.3, 0.4) is 0 Å². The Kier molecular flexibility index (Phi) is 5.71. The van der Waals surface area contributed by atoms with Crippen molar-refractivity contribution in [2.45, 2.75) is 13.1 Å². The molecule has 164 valence electrons. The molecule has 1 N–H and O–H groups in total. The summed E-state index contributed by atoms with van der Waals surface area (Å²) in [5, 5.41) is 12.0. The summed E-state index contributed by atoms with van der Waals surface area (Å²) in [6, 6.07) is 19.1. The van der Waals surface area contributed by atoms with Crippen molar-refractivity contribution in [3.05, 3.63) is 95.3 Å². The van der Waals surface area contributed by atoms with Crippen molar-refractivity contribution in [1.29, 1.82) is 5.26 Å². The summed E-state index contributed by atoms with van der Waals surface area (Å²) in [6.45, 7) is 1.90. The SMILES string of the molecule is Cc1cccn2c(/C=C(\C#N)C(=O)Nc3cccc(C(F)(F)F)c3)c(-c3ccccc3)nc12. The molecule has 4 aromatic rings. The first kappa shape index (κ1) is 21.8. The van der Waals surface area contributed by atoms with Gasteiger partial charge < -0.3 is 5.32 Å². The van der Waals surface area contributed by atoms with Crippen LogP contribution in [0.4, 0.5) is 18.9 Å². The maximum absolute atomic E-state index is 13.0. The molecule has 0 bridgehead atoms. The van der Waals surface area contributed by atoms with Gasteiger partial charge in [-0.25, -0.2) is 4.98 Å². The molecular weight excluding hydrogens is 429 g/mol. The quantitative estimate of drug-likeness (QED) is 0.315. The standard InChI is InChI=1S/C25H17F3N4O/c1-16-7-6-12-32-21(22(31-23(16)32)17-8-3-2-4-9-17)13-18(15-29)24(33)30-20-11-5-10-19(14-20)25(26,27)28/h2-14H,1H3,(H,30,33)/b18-13+. The highest BCUT2D eigenvalue weighted by molar-refractivity contribution is 6.10. The highest BCUT2D eigenvalue weighted by Crippen LogP contribution is 2.31. The van der Waals surface area contributed by atoms with Gasteiger partial charge in [-0.1, -0.05) is 42.5 Å². The molecule has 2 heterocycles. The van der Waals surface area contributed by atoms with Crippen molar-refractivity contribution < 1.29 is 18.0 Å². The second-order valence-electron chi connectivity index (χ2n) is 7.30. The second kappa shape index (κ2) is 8.63. The molecule has 0 saturated heterocycles. The number of hydrogen-bond donors (Lipinski definition) is 1. The minimum atomic E-state index is -4.55. The van der Waals surface area contributed by atoms with E-state index in [-0.39, 0.29) is 11.3 Å². The van der Waals surface area contributed by atoms with Crippen LogP contribution in [-0.4, -0.2) is 15.3 Å². The van der Waals surface area contributed by atoms with Gasteiger partial charge in [0.05, 0.1) is 17.0 Å². The summed E-state index contributed by atoms with van der Waals surface area (Å²) in [5.41, 5.74) is 2.22. The number of pyridine rings is 1. The fourth-order valence-electron chi connectivity index (χ4n) is 3.43. The number of nitrogens with zero attached hydrogens (tertiary/aromatic N) is 3. The lowest BCUT2D eigenvalue weighted by Gasteiger charge is -2.09. The largest absolute Gasteiger partial charge is 0.416 e. The average molecular weight is 446 g/mol. The Morgan fingerprint density at radius 1 is 1.09 bits per heavy atom. The molecule has 0 saturated carbocycles. The van der Waals surface area contributed by atoms with Gasteiger partial charge in [-0.3, -0.25) is 9.20 Å². The molecular formula is C25H17F3N4O. The smallest absolute Gasteiger partial charge is 0.321 e. The lowest BCUT2D eigenvalue weighted by Crippen LogP contribution is -2.14. The predicted octanol–water partition coefficient (Wildman–Crippen LogP) is 5.87. The minimum absolute atomic E-state index is 0.0618. The van der Waals surface area contributed by atoms with Crippen molar-refractivity contribution in [2.75, 3.05) is 5.32 Å². The van der Waals surface area contributed by atoms with E-state index in [1.807, 2.05) is 55.5 Å². The average Bonchev–Trinajstić information content (AvgIpc) is 3.17. The van der Waals surface area contributed by atoms with Gasteiger partial charge >= 0.3 is 6.18 Å². The number of benzene rings is 2. The van der Waals surface area contributed by atoms with E-state index in [9.17, 15) is 23.2 Å². The maximum Gasteiger partial charge on any atom is 0.416 e. The number of nitriles is 1. The number of imidazole rings is 1.